The summed E-state index contributed by atoms with van der Waals surface area (Å²) in [6, 6.07) is 14.3. The Balaban J connectivity index is 2.33. The lowest BCUT2D eigenvalue weighted by Gasteiger charge is -2.08. The minimum atomic E-state index is 0.490. The molecule has 2 N–H and O–H groups in total. The molecule has 1 heterocycles. The molecule has 3 nitrogen and oxygen atoms in total. The number of hydrogen-bond donors (Lipinski definition) is 1. The number of anilines is 1. The maximum Gasteiger partial charge on any atom is 0.127 e. The normalized spacial score (nSPS) is 10.7. The first-order valence-electron chi connectivity index (χ1n) is 5.82. The highest BCUT2D eigenvalue weighted by Gasteiger charge is 2.06. The topological polar surface area (TPSA) is 51.8 Å². The summed E-state index contributed by atoms with van der Waals surface area (Å²) < 4.78 is 0. The fraction of sp³-hybridized carbons (Fsp3) is 0.0667. The number of rotatable bonds is 1. The predicted molar refractivity (Wildman–Crippen MR) is 74.1 cm³/mol. The Morgan fingerprint density at radius 3 is 2.50 bits per heavy atom. The molecule has 88 valence electrons. The van der Waals surface area contributed by atoms with Crippen LogP contribution in [0.4, 0.5) is 5.82 Å². The molecule has 0 aliphatic heterocycles. The van der Waals surface area contributed by atoms with Crippen molar-refractivity contribution in [3.8, 4) is 11.3 Å². The number of nitrogen functional groups attached to an aromatic ring is 1. The van der Waals surface area contributed by atoms with Gasteiger partial charge in [0.05, 0.1) is 5.69 Å². The lowest BCUT2D eigenvalue weighted by atomic mass is 9.98. The molecule has 0 bridgehead atoms. The van der Waals surface area contributed by atoms with Gasteiger partial charge in [-0.1, -0.05) is 36.4 Å². The average Bonchev–Trinajstić information content (AvgIpc) is 2.39. The van der Waals surface area contributed by atoms with Crippen LogP contribution in [0.15, 0.2) is 48.8 Å². The van der Waals surface area contributed by atoms with Crippen LogP contribution in [0.25, 0.3) is 22.0 Å². The SMILES string of the molecule is Cc1ccc(-c2cc(N)ncn2)c2ccccc12. The quantitative estimate of drug-likeness (QED) is 0.704. The van der Waals surface area contributed by atoms with E-state index in [0.717, 1.165) is 11.3 Å². The summed E-state index contributed by atoms with van der Waals surface area (Å²) in [6.07, 6.45) is 1.50. The molecule has 3 heteroatoms. The summed E-state index contributed by atoms with van der Waals surface area (Å²) in [6.45, 7) is 2.11. The van der Waals surface area contributed by atoms with Crippen molar-refractivity contribution < 1.29 is 0 Å². The van der Waals surface area contributed by atoms with Gasteiger partial charge in [0.25, 0.3) is 0 Å². The van der Waals surface area contributed by atoms with Gasteiger partial charge in [0.1, 0.15) is 12.1 Å². The molecule has 3 aromatic rings. The third-order valence-electron chi connectivity index (χ3n) is 3.11. The zero-order chi connectivity index (χ0) is 12.5. The number of hydrogen-bond acceptors (Lipinski definition) is 3. The van der Waals surface area contributed by atoms with E-state index in [2.05, 4.69) is 41.2 Å². The average molecular weight is 235 g/mol. The van der Waals surface area contributed by atoms with E-state index in [9.17, 15) is 0 Å². The summed E-state index contributed by atoms with van der Waals surface area (Å²) in [4.78, 5) is 8.23. The molecule has 0 saturated heterocycles. The van der Waals surface area contributed by atoms with Crippen molar-refractivity contribution in [2.45, 2.75) is 6.92 Å². The van der Waals surface area contributed by atoms with Gasteiger partial charge in [0.15, 0.2) is 0 Å². The van der Waals surface area contributed by atoms with Crippen LogP contribution in [0.1, 0.15) is 5.56 Å². The van der Waals surface area contributed by atoms with Crippen LogP contribution >= 0.6 is 0 Å². The molecule has 0 radical (unpaired) electrons. The summed E-state index contributed by atoms with van der Waals surface area (Å²) >= 11 is 0. The number of aromatic nitrogens is 2. The number of benzene rings is 2. The lowest BCUT2D eigenvalue weighted by Crippen LogP contribution is -1.93. The van der Waals surface area contributed by atoms with Crippen molar-refractivity contribution in [3.63, 3.8) is 0 Å². The van der Waals surface area contributed by atoms with Crippen LogP contribution in [-0.2, 0) is 0 Å². The van der Waals surface area contributed by atoms with Crippen LogP contribution in [0.3, 0.4) is 0 Å². The first-order valence-corrected chi connectivity index (χ1v) is 5.82. The van der Waals surface area contributed by atoms with Crippen LogP contribution in [0.5, 0.6) is 0 Å². The first-order chi connectivity index (χ1) is 8.75. The van der Waals surface area contributed by atoms with E-state index in [-0.39, 0.29) is 0 Å². The molecule has 0 aliphatic carbocycles. The number of nitrogens with zero attached hydrogens (tertiary/aromatic N) is 2. The second-order valence-electron chi connectivity index (χ2n) is 4.30. The van der Waals surface area contributed by atoms with E-state index in [4.69, 9.17) is 5.73 Å². The molecule has 0 amide bonds. The highest BCUT2D eigenvalue weighted by atomic mass is 14.9. The Morgan fingerprint density at radius 2 is 1.72 bits per heavy atom. The smallest absolute Gasteiger partial charge is 0.127 e. The van der Waals surface area contributed by atoms with Crippen molar-refractivity contribution in [1.29, 1.82) is 0 Å². The standard InChI is InChI=1S/C15H13N3/c1-10-6-7-13(12-5-3-2-4-11(10)12)14-8-15(16)18-9-17-14/h2-9H,1H3,(H2,16,17,18). The molecule has 0 spiro atoms. The molecule has 0 saturated carbocycles. The van der Waals surface area contributed by atoms with E-state index in [0.29, 0.717) is 5.82 Å². The van der Waals surface area contributed by atoms with Gasteiger partial charge in [-0.3, -0.25) is 0 Å². The third kappa shape index (κ3) is 1.70. The second kappa shape index (κ2) is 4.11. The van der Waals surface area contributed by atoms with E-state index < -0.39 is 0 Å². The molecular weight excluding hydrogens is 222 g/mol. The van der Waals surface area contributed by atoms with Gasteiger partial charge < -0.3 is 5.73 Å². The second-order valence-corrected chi connectivity index (χ2v) is 4.30. The van der Waals surface area contributed by atoms with E-state index in [1.807, 2.05) is 12.1 Å². The summed E-state index contributed by atoms with van der Waals surface area (Å²) in [5, 5.41) is 2.43. The molecule has 0 atom stereocenters. The van der Waals surface area contributed by atoms with Crippen molar-refractivity contribution in [1.82, 2.24) is 9.97 Å². The van der Waals surface area contributed by atoms with Gasteiger partial charge in [-0.25, -0.2) is 9.97 Å². The largest absolute Gasteiger partial charge is 0.384 e. The maximum atomic E-state index is 5.72. The van der Waals surface area contributed by atoms with Crippen molar-refractivity contribution in [3.05, 3.63) is 54.4 Å². The van der Waals surface area contributed by atoms with Crippen LogP contribution in [0, 0.1) is 6.92 Å². The Bertz CT molecular complexity index is 720. The summed E-state index contributed by atoms with van der Waals surface area (Å²) in [7, 11) is 0. The van der Waals surface area contributed by atoms with Crippen LogP contribution in [0.2, 0.25) is 0 Å². The van der Waals surface area contributed by atoms with Gasteiger partial charge in [-0.15, -0.1) is 0 Å². The monoisotopic (exact) mass is 235 g/mol. The molecule has 1 aromatic heterocycles. The molecular formula is C15H13N3. The van der Waals surface area contributed by atoms with Gasteiger partial charge in [-0.05, 0) is 23.3 Å². The number of nitrogens with two attached hydrogens (primary N) is 1. The highest BCUT2D eigenvalue weighted by Crippen LogP contribution is 2.29. The predicted octanol–water partition coefficient (Wildman–Crippen LogP) is 3.19. The van der Waals surface area contributed by atoms with Gasteiger partial charge >= 0.3 is 0 Å². The fourth-order valence-electron chi connectivity index (χ4n) is 2.19. The van der Waals surface area contributed by atoms with Crippen molar-refractivity contribution >= 4 is 16.6 Å². The molecule has 18 heavy (non-hydrogen) atoms. The minimum Gasteiger partial charge on any atom is -0.384 e. The highest BCUT2D eigenvalue weighted by molar-refractivity contribution is 5.97. The van der Waals surface area contributed by atoms with Gasteiger partial charge in [0.2, 0.25) is 0 Å². The first kappa shape index (κ1) is 10.7. The van der Waals surface area contributed by atoms with E-state index in [1.54, 1.807) is 6.07 Å². The van der Waals surface area contributed by atoms with E-state index in [1.165, 1.54) is 22.7 Å². The number of fused-ring (bicyclic) bond motifs is 1. The van der Waals surface area contributed by atoms with Crippen LogP contribution < -0.4 is 5.73 Å². The van der Waals surface area contributed by atoms with E-state index >= 15 is 0 Å². The Hall–Kier alpha value is -2.42. The van der Waals surface area contributed by atoms with Gasteiger partial charge in [0, 0.05) is 11.6 Å². The lowest BCUT2D eigenvalue weighted by molar-refractivity contribution is 1.18. The minimum absolute atomic E-state index is 0.490. The third-order valence-corrected chi connectivity index (χ3v) is 3.11. The zero-order valence-electron chi connectivity index (χ0n) is 10.1. The Labute approximate surface area is 105 Å². The molecule has 3 rings (SSSR count). The van der Waals surface area contributed by atoms with Crippen molar-refractivity contribution in [2.75, 3.05) is 5.73 Å². The Morgan fingerprint density at radius 1 is 0.944 bits per heavy atom. The molecule has 2 aromatic carbocycles. The Kier molecular flexibility index (Phi) is 2.45. The summed E-state index contributed by atoms with van der Waals surface area (Å²) in [5.41, 5.74) is 8.93. The zero-order valence-corrected chi connectivity index (χ0v) is 10.1. The molecule has 0 fully saturated rings. The molecule has 0 aliphatic rings. The van der Waals surface area contributed by atoms with Crippen LogP contribution in [-0.4, -0.2) is 9.97 Å². The maximum absolute atomic E-state index is 5.72. The van der Waals surface area contributed by atoms with Gasteiger partial charge in [-0.2, -0.15) is 0 Å². The molecule has 0 unspecified atom stereocenters. The number of aryl methyl sites for hydroxylation is 1. The summed E-state index contributed by atoms with van der Waals surface area (Å²) in [5.74, 6) is 0.490. The van der Waals surface area contributed by atoms with Crippen molar-refractivity contribution in [2.24, 2.45) is 0 Å². The fourth-order valence-corrected chi connectivity index (χ4v) is 2.19.